The highest BCUT2D eigenvalue weighted by Crippen LogP contribution is 2.12. The van der Waals surface area contributed by atoms with Crippen LogP contribution in [0.2, 0.25) is 0 Å². The first-order valence-electron chi connectivity index (χ1n) is 9.39. The van der Waals surface area contributed by atoms with E-state index in [0.717, 1.165) is 57.5 Å². The van der Waals surface area contributed by atoms with Crippen molar-refractivity contribution in [1.82, 2.24) is 25.4 Å². The van der Waals surface area contributed by atoms with E-state index >= 15 is 0 Å². The Morgan fingerprint density at radius 2 is 2.18 bits per heavy atom. The lowest BCUT2D eigenvalue weighted by atomic mass is 10.1. The topological polar surface area (TPSA) is 85.6 Å². The SMILES string of the molecule is CN=C(NCCCOCC1CCOC1)NCc1ccc(-n2cncn2)cc1.I. The lowest BCUT2D eigenvalue weighted by molar-refractivity contribution is 0.0888. The predicted octanol–water partition coefficient (Wildman–Crippen LogP) is 1.99. The summed E-state index contributed by atoms with van der Waals surface area (Å²) in [4.78, 5) is 8.22. The van der Waals surface area contributed by atoms with Crippen LogP contribution in [0.1, 0.15) is 18.4 Å². The average Bonchev–Trinajstić information content (AvgIpc) is 3.41. The minimum absolute atomic E-state index is 0. The Labute approximate surface area is 183 Å². The van der Waals surface area contributed by atoms with Crippen molar-refractivity contribution in [1.29, 1.82) is 0 Å². The maximum Gasteiger partial charge on any atom is 0.191 e. The number of hydrogen-bond donors (Lipinski definition) is 2. The number of benzene rings is 1. The minimum Gasteiger partial charge on any atom is -0.381 e. The summed E-state index contributed by atoms with van der Waals surface area (Å²) in [6.45, 7) is 4.80. The third-order valence-corrected chi connectivity index (χ3v) is 4.44. The van der Waals surface area contributed by atoms with Gasteiger partial charge in [-0.1, -0.05) is 12.1 Å². The summed E-state index contributed by atoms with van der Waals surface area (Å²) in [5.74, 6) is 1.36. The van der Waals surface area contributed by atoms with Gasteiger partial charge in [-0.25, -0.2) is 9.67 Å². The van der Waals surface area contributed by atoms with E-state index < -0.39 is 0 Å². The first kappa shape index (κ1) is 22.6. The number of ether oxygens (including phenoxy) is 2. The number of aromatic nitrogens is 3. The van der Waals surface area contributed by atoms with Crippen LogP contribution in [-0.2, 0) is 16.0 Å². The van der Waals surface area contributed by atoms with Crippen LogP contribution >= 0.6 is 24.0 Å². The standard InChI is InChI=1S/C19H28N6O2.HI/c1-20-19(22-8-2-9-26-12-17-7-10-27-13-17)23-11-16-3-5-18(6-4-16)25-15-21-14-24-25;/h3-6,14-15,17H,2,7-13H2,1H3,(H2,20,22,23);1H. The van der Waals surface area contributed by atoms with E-state index in [1.165, 1.54) is 11.9 Å². The zero-order valence-corrected chi connectivity index (χ0v) is 18.5. The lowest BCUT2D eigenvalue weighted by Gasteiger charge is -2.13. The van der Waals surface area contributed by atoms with Crippen molar-refractivity contribution in [2.24, 2.45) is 10.9 Å². The second-order valence-electron chi connectivity index (χ2n) is 6.52. The fraction of sp³-hybridized carbons (Fsp3) is 0.526. The number of halogens is 1. The molecule has 2 heterocycles. The van der Waals surface area contributed by atoms with Gasteiger partial charge in [0.2, 0.25) is 0 Å². The van der Waals surface area contributed by atoms with Crippen molar-refractivity contribution >= 4 is 29.9 Å². The molecule has 0 spiro atoms. The number of rotatable bonds is 9. The molecule has 0 amide bonds. The van der Waals surface area contributed by atoms with Crippen molar-refractivity contribution in [3.8, 4) is 5.69 Å². The van der Waals surface area contributed by atoms with Crippen molar-refractivity contribution in [3.63, 3.8) is 0 Å². The molecule has 1 saturated heterocycles. The lowest BCUT2D eigenvalue weighted by Crippen LogP contribution is -2.37. The van der Waals surface area contributed by atoms with Gasteiger partial charge in [-0.3, -0.25) is 4.99 Å². The van der Waals surface area contributed by atoms with Gasteiger partial charge in [-0.2, -0.15) is 5.10 Å². The fourth-order valence-electron chi connectivity index (χ4n) is 2.86. The molecule has 3 rings (SSSR count). The number of guanidine groups is 1. The molecule has 1 aliphatic rings. The van der Waals surface area contributed by atoms with E-state index in [4.69, 9.17) is 9.47 Å². The van der Waals surface area contributed by atoms with E-state index in [1.54, 1.807) is 18.1 Å². The van der Waals surface area contributed by atoms with E-state index in [1.807, 2.05) is 12.1 Å². The molecule has 28 heavy (non-hydrogen) atoms. The first-order valence-corrected chi connectivity index (χ1v) is 9.39. The Kier molecular flexibility index (Phi) is 10.2. The molecule has 1 aromatic heterocycles. The van der Waals surface area contributed by atoms with Crippen LogP contribution in [-0.4, -0.2) is 60.7 Å². The van der Waals surface area contributed by atoms with Crippen LogP contribution in [0.15, 0.2) is 41.9 Å². The maximum absolute atomic E-state index is 5.71. The fourth-order valence-corrected chi connectivity index (χ4v) is 2.86. The Morgan fingerprint density at radius 1 is 1.32 bits per heavy atom. The molecule has 154 valence electrons. The van der Waals surface area contributed by atoms with Gasteiger partial charge in [-0.15, -0.1) is 24.0 Å². The molecule has 0 aliphatic carbocycles. The van der Waals surface area contributed by atoms with Gasteiger partial charge < -0.3 is 20.1 Å². The summed E-state index contributed by atoms with van der Waals surface area (Å²) in [5, 5.41) is 10.8. The predicted molar refractivity (Wildman–Crippen MR) is 119 cm³/mol. The number of hydrogen-bond acceptors (Lipinski definition) is 5. The molecular weight excluding hydrogens is 471 g/mol. The molecule has 8 nitrogen and oxygen atoms in total. The van der Waals surface area contributed by atoms with Crippen molar-refractivity contribution in [3.05, 3.63) is 42.5 Å². The highest BCUT2D eigenvalue weighted by Gasteiger charge is 2.15. The quantitative estimate of drug-likeness (QED) is 0.237. The van der Waals surface area contributed by atoms with Crippen LogP contribution in [0.4, 0.5) is 0 Å². The molecule has 2 aromatic rings. The van der Waals surface area contributed by atoms with Crippen molar-refractivity contribution < 1.29 is 9.47 Å². The first-order chi connectivity index (χ1) is 13.3. The summed E-state index contributed by atoms with van der Waals surface area (Å²) < 4.78 is 12.8. The highest BCUT2D eigenvalue weighted by atomic mass is 127. The Hall–Kier alpha value is -1.72. The van der Waals surface area contributed by atoms with Crippen LogP contribution < -0.4 is 10.6 Å². The van der Waals surface area contributed by atoms with Crippen LogP contribution in [0.5, 0.6) is 0 Å². The molecule has 9 heteroatoms. The van der Waals surface area contributed by atoms with Gasteiger partial charge in [0.15, 0.2) is 5.96 Å². The van der Waals surface area contributed by atoms with Gasteiger partial charge in [0.25, 0.3) is 0 Å². The molecule has 0 radical (unpaired) electrons. The zero-order valence-electron chi connectivity index (χ0n) is 16.2. The molecule has 1 atom stereocenters. The van der Waals surface area contributed by atoms with Gasteiger partial charge in [-0.05, 0) is 30.5 Å². The third-order valence-electron chi connectivity index (χ3n) is 4.44. The molecule has 1 aliphatic heterocycles. The normalized spacial score (nSPS) is 16.6. The van der Waals surface area contributed by atoms with Gasteiger partial charge in [0, 0.05) is 39.3 Å². The average molecular weight is 500 g/mol. The largest absolute Gasteiger partial charge is 0.381 e. The molecular formula is C19H29IN6O2. The monoisotopic (exact) mass is 500 g/mol. The second kappa shape index (κ2) is 12.7. The van der Waals surface area contributed by atoms with Gasteiger partial charge in [0.1, 0.15) is 12.7 Å². The van der Waals surface area contributed by atoms with Crippen LogP contribution in [0.25, 0.3) is 5.69 Å². The van der Waals surface area contributed by atoms with E-state index in [0.29, 0.717) is 12.5 Å². The Balaban J connectivity index is 0.00000280. The van der Waals surface area contributed by atoms with Crippen molar-refractivity contribution in [2.45, 2.75) is 19.4 Å². The summed E-state index contributed by atoms with van der Waals surface area (Å²) in [6, 6.07) is 8.18. The van der Waals surface area contributed by atoms with Gasteiger partial charge >= 0.3 is 0 Å². The maximum atomic E-state index is 5.71. The molecule has 1 unspecified atom stereocenters. The summed E-state index contributed by atoms with van der Waals surface area (Å²) in [7, 11) is 1.78. The number of nitrogens with zero attached hydrogens (tertiary/aromatic N) is 4. The summed E-state index contributed by atoms with van der Waals surface area (Å²) in [5.41, 5.74) is 2.16. The molecule has 0 saturated carbocycles. The summed E-state index contributed by atoms with van der Waals surface area (Å²) in [6.07, 6.45) is 5.28. The molecule has 1 aromatic carbocycles. The smallest absolute Gasteiger partial charge is 0.191 e. The van der Waals surface area contributed by atoms with Crippen LogP contribution in [0.3, 0.4) is 0 Å². The summed E-state index contributed by atoms with van der Waals surface area (Å²) >= 11 is 0. The molecule has 0 bridgehead atoms. The zero-order chi connectivity index (χ0) is 18.7. The highest BCUT2D eigenvalue weighted by molar-refractivity contribution is 14.0. The number of nitrogens with one attached hydrogen (secondary N) is 2. The van der Waals surface area contributed by atoms with Gasteiger partial charge in [0.05, 0.1) is 18.9 Å². The van der Waals surface area contributed by atoms with E-state index in [-0.39, 0.29) is 24.0 Å². The van der Waals surface area contributed by atoms with E-state index in [2.05, 4.69) is 37.8 Å². The Morgan fingerprint density at radius 3 is 2.86 bits per heavy atom. The van der Waals surface area contributed by atoms with Crippen LogP contribution in [0, 0.1) is 5.92 Å². The molecule has 2 N–H and O–H groups in total. The third kappa shape index (κ3) is 7.36. The van der Waals surface area contributed by atoms with E-state index in [9.17, 15) is 0 Å². The Bertz CT molecular complexity index is 687. The minimum atomic E-state index is 0. The second-order valence-corrected chi connectivity index (χ2v) is 6.52. The molecule has 1 fully saturated rings. The van der Waals surface area contributed by atoms with Crippen molar-refractivity contribution in [2.75, 3.05) is 40.0 Å². The number of aliphatic imine (C=N–C) groups is 1.